The van der Waals surface area contributed by atoms with Crippen LogP contribution in [0.3, 0.4) is 0 Å². The molecule has 6 nitrogen and oxygen atoms in total. The van der Waals surface area contributed by atoms with E-state index in [1.165, 1.54) is 10.6 Å². The third kappa shape index (κ3) is 5.42. The predicted octanol–water partition coefficient (Wildman–Crippen LogP) is 2.45. The van der Waals surface area contributed by atoms with Gasteiger partial charge in [0.15, 0.2) is 0 Å². The highest BCUT2D eigenvalue weighted by Crippen LogP contribution is 2.19. The van der Waals surface area contributed by atoms with E-state index in [1.54, 1.807) is 24.5 Å². The second-order valence-electron chi connectivity index (χ2n) is 5.63. The van der Waals surface area contributed by atoms with Crippen LogP contribution >= 0.6 is 0 Å². The monoisotopic (exact) mass is 350 g/mol. The van der Waals surface area contributed by atoms with Gasteiger partial charge in [-0.3, -0.25) is 9.10 Å². The zero-order chi connectivity index (χ0) is 17.6. The smallest absolute Gasteiger partial charge is 0.232 e. The molecule has 0 aliphatic carbocycles. The lowest BCUT2D eigenvalue weighted by Gasteiger charge is -2.22. The van der Waals surface area contributed by atoms with E-state index in [2.05, 4.69) is 5.32 Å². The molecule has 0 saturated heterocycles. The summed E-state index contributed by atoms with van der Waals surface area (Å²) in [4.78, 5) is 11.8. The van der Waals surface area contributed by atoms with Gasteiger partial charge in [0.1, 0.15) is 5.76 Å². The van der Waals surface area contributed by atoms with Crippen LogP contribution in [0.15, 0.2) is 47.1 Å². The lowest BCUT2D eigenvalue weighted by molar-refractivity contribution is -0.121. The van der Waals surface area contributed by atoms with Crippen LogP contribution in [0.2, 0.25) is 0 Å². The summed E-state index contributed by atoms with van der Waals surface area (Å²) in [5.74, 6) is 0.546. The van der Waals surface area contributed by atoms with Crippen molar-refractivity contribution >= 4 is 21.6 Å². The first-order chi connectivity index (χ1) is 11.4. The molecule has 130 valence electrons. The molecule has 0 atom stereocenters. The number of anilines is 1. The minimum atomic E-state index is -3.39. The summed E-state index contributed by atoms with van der Waals surface area (Å²) in [6.45, 7) is 2.50. The Kier molecular flexibility index (Phi) is 6.03. The molecule has 7 heteroatoms. The Bertz CT molecular complexity index is 770. The third-order valence-electron chi connectivity index (χ3n) is 3.49. The highest BCUT2D eigenvalue weighted by molar-refractivity contribution is 7.92. The van der Waals surface area contributed by atoms with Gasteiger partial charge in [-0.2, -0.15) is 0 Å². The van der Waals surface area contributed by atoms with Gasteiger partial charge in [-0.05, 0) is 43.2 Å². The van der Waals surface area contributed by atoms with Gasteiger partial charge in [0.2, 0.25) is 15.9 Å². The van der Waals surface area contributed by atoms with Crippen molar-refractivity contribution in [2.24, 2.45) is 0 Å². The van der Waals surface area contributed by atoms with E-state index in [0.29, 0.717) is 24.4 Å². The normalized spacial score (nSPS) is 11.2. The van der Waals surface area contributed by atoms with Crippen molar-refractivity contribution in [1.82, 2.24) is 5.32 Å². The quantitative estimate of drug-likeness (QED) is 0.793. The summed E-state index contributed by atoms with van der Waals surface area (Å²) < 4.78 is 30.5. The van der Waals surface area contributed by atoms with E-state index in [-0.39, 0.29) is 18.9 Å². The van der Waals surface area contributed by atoms with Crippen molar-refractivity contribution in [2.75, 3.05) is 17.1 Å². The highest BCUT2D eigenvalue weighted by Gasteiger charge is 2.17. The number of furan rings is 1. The molecule has 1 aromatic carbocycles. The number of sulfonamides is 1. The van der Waals surface area contributed by atoms with Crippen molar-refractivity contribution in [1.29, 1.82) is 0 Å². The molecule has 0 radical (unpaired) electrons. The molecule has 1 aromatic heterocycles. The Morgan fingerprint density at radius 2 is 2.04 bits per heavy atom. The molecule has 0 aliphatic heterocycles. The molecular weight excluding hydrogens is 328 g/mol. The maximum atomic E-state index is 12.0. The fourth-order valence-corrected chi connectivity index (χ4v) is 3.30. The largest absolute Gasteiger partial charge is 0.467 e. The molecule has 1 amide bonds. The first-order valence-corrected chi connectivity index (χ1v) is 9.54. The first-order valence-electron chi connectivity index (χ1n) is 7.70. The van der Waals surface area contributed by atoms with Crippen molar-refractivity contribution in [2.45, 2.75) is 26.3 Å². The number of hydrogen-bond acceptors (Lipinski definition) is 4. The molecule has 0 spiro atoms. The zero-order valence-corrected chi connectivity index (χ0v) is 14.7. The predicted molar refractivity (Wildman–Crippen MR) is 93.2 cm³/mol. The number of carbonyl (C=O) groups is 1. The van der Waals surface area contributed by atoms with E-state index >= 15 is 0 Å². The lowest BCUT2D eigenvalue weighted by Crippen LogP contribution is -2.32. The summed E-state index contributed by atoms with van der Waals surface area (Å²) in [5.41, 5.74) is 1.60. The summed E-state index contributed by atoms with van der Waals surface area (Å²) in [5, 5.41) is 2.75. The van der Waals surface area contributed by atoms with Crippen LogP contribution in [0.25, 0.3) is 0 Å². The molecule has 1 heterocycles. The van der Waals surface area contributed by atoms with Crippen LogP contribution in [-0.4, -0.2) is 27.1 Å². The van der Waals surface area contributed by atoms with Crippen LogP contribution in [0.1, 0.15) is 24.2 Å². The van der Waals surface area contributed by atoms with Gasteiger partial charge in [0, 0.05) is 13.0 Å². The molecule has 0 aliphatic rings. The summed E-state index contributed by atoms with van der Waals surface area (Å²) in [7, 11) is -3.39. The lowest BCUT2D eigenvalue weighted by atomic mass is 10.2. The number of hydrogen-bond donors (Lipinski definition) is 1. The first kappa shape index (κ1) is 18.1. The fraction of sp³-hybridized carbons (Fsp3) is 0.353. The van der Waals surface area contributed by atoms with Crippen LogP contribution in [-0.2, 0) is 21.4 Å². The molecule has 1 N–H and O–H groups in total. The Balaban J connectivity index is 1.88. The number of aryl methyl sites for hydroxylation is 1. The molecule has 0 unspecified atom stereocenters. The molecule has 0 fully saturated rings. The molecule has 0 bridgehead atoms. The molecule has 2 rings (SSSR count). The van der Waals surface area contributed by atoms with Crippen LogP contribution in [0.5, 0.6) is 0 Å². The second-order valence-corrected chi connectivity index (χ2v) is 7.54. The minimum absolute atomic E-state index is 0.135. The average Bonchev–Trinajstić information content (AvgIpc) is 3.01. The van der Waals surface area contributed by atoms with Crippen LogP contribution in [0, 0.1) is 6.92 Å². The Hall–Kier alpha value is -2.28. The SMILES string of the molecule is Cc1cccc(N(CCCC(=O)NCc2ccco2)S(C)(=O)=O)c1. The van der Waals surface area contributed by atoms with Crippen molar-refractivity contribution in [3.05, 3.63) is 54.0 Å². The summed E-state index contributed by atoms with van der Waals surface area (Å²) >= 11 is 0. The molecule has 24 heavy (non-hydrogen) atoms. The van der Waals surface area contributed by atoms with E-state index < -0.39 is 10.0 Å². The van der Waals surface area contributed by atoms with Gasteiger partial charge in [-0.15, -0.1) is 0 Å². The fourth-order valence-electron chi connectivity index (χ4n) is 2.34. The van der Waals surface area contributed by atoms with Crippen molar-refractivity contribution in [3.8, 4) is 0 Å². The maximum absolute atomic E-state index is 12.0. The summed E-state index contributed by atoms with van der Waals surface area (Å²) in [6, 6.07) is 10.8. The van der Waals surface area contributed by atoms with E-state index in [1.807, 2.05) is 25.1 Å². The number of nitrogens with one attached hydrogen (secondary N) is 1. The number of nitrogens with zero attached hydrogens (tertiary/aromatic N) is 1. The third-order valence-corrected chi connectivity index (χ3v) is 4.69. The zero-order valence-electron chi connectivity index (χ0n) is 13.9. The average molecular weight is 350 g/mol. The Labute approximate surface area is 142 Å². The van der Waals surface area contributed by atoms with Gasteiger partial charge >= 0.3 is 0 Å². The molecule has 0 saturated carbocycles. The number of rotatable bonds is 8. The van der Waals surface area contributed by atoms with Gasteiger partial charge < -0.3 is 9.73 Å². The molecular formula is C17H22N2O4S. The summed E-state index contributed by atoms with van der Waals surface area (Å²) in [6.07, 6.45) is 3.41. The van der Waals surface area contributed by atoms with Gasteiger partial charge in [0.05, 0.1) is 24.8 Å². The number of benzene rings is 1. The number of carbonyl (C=O) groups excluding carboxylic acids is 1. The van der Waals surface area contributed by atoms with Crippen LogP contribution in [0.4, 0.5) is 5.69 Å². The second kappa shape index (κ2) is 8.01. The van der Waals surface area contributed by atoms with Gasteiger partial charge in [-0.1, -0.05) is 12.1 Å². The number of amides is 1. The highest BCUT2D eigenvalue weighted by atomic mass is 32.2. The van der Waals surface area contributed by atoms with Gasteiger partial charge in [-0.25, -0.2) is 8.42 Å². The maximum Gasteiger partial charge on any atom is 0.232 e. The van der Waals surface area contributed by atoms with E-state index in [9.17, 15) is 13.2 Å². The van der Waals surface area contributed by atoms with Gasteiger partial charge in [0.25, 0.3) is 0 Å². The van der Waals surface area contributed by atoms with Crippen molar-refractivity contribution in [3.63, 3.8) is 0 Å². The Morgan fingerprint density at radius 3 is 2.67 bits per heavy atom. The Morgan fingerprint density at radius 1 is 1.25 bits per heavy atom. The minimum Gasteiger partial charge on any atom is -0.467 e. The van der Waals surface area contributed by atoms with Crippen LogP contribution < -0.4 is 9.62 Å². The molecule has 2 aromatic rings. The topological polar surface area (TPSA) is 79.6 Å². The van der Waals surface area contributed by atoms with Crippen molar-refractivity contribution < 1.29 is 17.6 Å². The standard InChI is InChI=1S/C17H22N2O4S/c1-14-6-3-7-15(12-14)19(24(2,21)22)10-4-9-17(20)18-13-16-8-5-11-23-16/h3,5-8,11-12H,4,9-10,13H2,1-2H3,(H,18,20). The van der Waals surface area contributed by atoms with E-state index in [4.69, 9.17) is 4.42 Å². The van der Waals surface area contributed by atoms with E-state index in [0.717, 1.165) is 5.56 Å².